The van der Waals surface area contributed by atoms with Crippen molar-refractivity contribution in [3.05, 3.63) is 0 Å². The van der Waals surface area contributed by atoms with Crippen molar-refractivity contribution in [3.63, 3.8) is 0 Å². The topological polar surface area (TPSA) is 207 Å². The summed E-state index contributed by atoms with van der Waals surface area (Å²) in [6.45, 7) is -2.16. The predicted octanol–water partition coefficient (Wildman–Crippen LogP) is -4.37. The first kappa shape index (κ1) is 20.8. The van der Waals surface area contributed by atoms with Gasteiger partial charge in [0.2, 0.25) is 0 Å². The Hall–Kier alpha value is -0.210. The van der Waals surface area contributed by atoms with E-state index in [9.17, 15) is 19.9 Å². The molecule has 1 aliphatic heterocycles. The Labute approximate surface area is 130 Å². The maximum absolute atomic E-state index is 10.8. The second-order valence-corrected chi connectivity index (χ2v) is 6.11. The van der Waals surface area contributed by atoms with Crippen LogP contribution in [0.5, 0.6) is 0 Å². The Morgan fingerprint density at radius 2 is 1.74 bits per heavy atom. The first-order chi connectivity index (χ1) is 10.6. The molecule has 0 bridgehead atoms. The summed E-state index contributed by atoms with van der Waals surface area (Å²) in [6, 6.07) is 0. The molecule has 0 saturated carbocycles. The zero-order valence-electron chi connectivity index (χ0n) is 11.8. The molecule has 0 spiro atoms. The molecule has 0 aromatic rings. The molecule has 0 amide bonds. The first-order valence-electron chi connectivity index (χ1n) is 6.55. The summed E-state index contributed by atoms with van der Waals surface area (Å²) in [6.07, 6.45) is -11.0. The molecule has 12 nitrogen and oxygen atoms in total. The van der Waals surface area contributed by atoms with Gasteiger partial charge in [-0.15, -0.1) is 0 Å². The van der Waals surface area contributed by atoms with Crippen LogP contribution in [0.15, 0.2) is 0 Å². The maximum atomic E-state index is 10.8. The lowest BCUT2D eigenvalue weighted by Crippen LogP contribution is -2.43. The number of aliphatic hydroxyl groups is 6. The van der Waals surface area contributed by atoms with Crippen LogP contribution in [0.2, 0.25) is 0 Å². The Bertz CT molecular complexity index is 401. The molecular formula is C10H21O12P. The number of rotatable bonds is 9. The van der Waals surface area contributed by atoms with Crippen LogP contribution in [0, 0.1) is 0 Å². The lowest BCUT2D eigenvalue weighted by atomic mass is 10.1. The molecule has 1 saturated heterocycles. The minimum Gasteiger partial charge on any atom is -0.394 e. The number of phosphoric acid groups is 1. The van der Waals surface area contributed by atoms with Gasteiger partial charge in [-0.2, -0.15) is 0 Å². The maximum Gasteiger partial charge on any atom is 0.470 e. The van der Waals surface area contributed by atoms with E-state index in [1.165, 1.54) is 0 Å². The van der Waals surface area contributed by atoms with Crippen LogP contribution in [0.25, 0.3) is 0 Å². The lowest BCUT2D eigenvalue weighted by molar-refractivity contribution is -0.194. The van der Waals surface area contributed by atoms with E-state index in [2.05, 4.69) is 4.52 Å². The van der Waals surface area contributed by atoms with Crippen molar-refractivity contribution >= 4 is 7.82 Å². The molecule has 1 rings (SSSR count). The van der Waals surface area contributed by atoms with Crippen molar-refractivity contribution in [3.8, 4) is 0 Å². The summed E-state index contributed by atoms with van der Waals surface area (Å²) in [7, 11) is -4.96. The summed E-state index contributed by atoms with van der Waals surface area (Å²) in [4.78, 5) is 17.5. The molecule has 1 aliphatic rings. The van der Waals surface area contributed by atoms with Gasteiger partial charge in [0, 0.05) is 0 Å². The average Bonchev–Trinajstić information content (AvgIpc) is 2.77. The van der Waals surface area contributed by atoms with Crippen LogP contribution < -0.4 is 0 Å². The van der Waals surface area contributed by atoms with Gasteiger partial charge >= 0.3 is 7.82 Å². The molecule has 13 heteroatoms. The second-order valence-electron chi connectivity index (χ2n) is 4.92. The molecule has 8 N–H and O–H groups in total. The molecule has 23 heavy (non-hydrogen) atoms. The molecule has 1 fully saturated rings. The van der Waals surface area contributed by atoms with Gasteiger partial charge in [-0.05, 0) is 0 Å². The fourth-order valence-electron chi connectivity index (χ4n) is 1.94. The first-order valence-corrected chi connectivity index (χ1v) is 8.08. The summed E-state index contributed by atoms with van der Waals surface area (Å²) >= 11 is 0. The highest BCUT2D eigenvalue weighted by atomic mass is 31.2. The van der Waals surface area contributed by atoms with Crippen LogP contribution in [-0.2, 0) is 18.6 Å². The summed E-state index contributed by atoms with van der Waals surface area (Å²) in [5.41, 5.74) is 0. The minimum absolute atomic E-state index is 0.638. The van der Waals surface area contributed by atoms with E-state index in [4.69, 9.17) is 34.6 Å². The van der Waals surface area contributed by atoms with Gasteiger partial charge in [0.05, 0.1) is 19.8 Å². The molecule has 0 radical (unpaired) electrons. The summed E-state index contributed by atoms with van der Waals surface area (Å²) in [5.74, 6) is 0. The molecule has 0 aliphatic carbocycles. The normalized spacial score (nSPS) is 32.7. The van der Waals surface area contributed by atoms with E-state index < -0.39 is 70.6 Å². The predicted molar refractivity (Wildman–Crippen MR) is 69.7 cm³/mol. The van der Waals surface area contributed by atoms with E-state index in [-0.39, 0.29) is 0 Å². The summed E-state index contributed by atoms with van der Waals surface area (Å²) in [5, 5.41) is 55.7. The zero-order chi connectivity index (χ0) is 17.8. The number of hydrogen-bond donors (Lipinski definition) is 8. The SMILES string of the molecule is O=P(O)(O)O[C@H]1[C@@H](O)[C@H](OC[C@H](O)[C@H](O)[C@H](O)CO)O[C@@H]1CO. The number of phosphoric ester groups is 1. The third-order valence-corrected chi connectivity index (χ3v) is 3.65. The van der Waals surface area contributed by atoms with Crippen molar-refractivity contribution < 1.29 is 59.0 Å². The number of hydrogen-bond acceptors (Lipinski definition) is 10. The smallest absolute Gasteiger partial charge is 0.394 e. The second kappa shape index (κ2) is 8.76. The van der Waals surface area contributed by atoms with Crippen molar-refractivity contribution in [2.75, 3.05) is 19.8 Å². The van der Waals surface area contributed by atoms with Crippen LogP contribution >= 0.6 is 7.82 Å². The van der Waals surface area contributed by atoms with Gasteiger partial charge in [-0.3, -0.25) is 4.52 Å². The molecule has 1 heterocycles. The number of aliphatic hydroxyl groups excluding tert-OH is 6. The van der Waals surface area contributed by atoms with Crippen LogP contribution in [0.4, 0.5) is 0 Å². The quantitative estimate of drug-likeness (QED) is 0.183. The Kier molecular flexibility index (Phi) is 7.93. The van der Waals surface area contributed by atoms with E-state index in [1.807, 2.05) is 0 Å². The highest BCUT2D eigenvalue weighted by molar-refractivity contribution is 7.46. The van der Waals surface area contributed by atoms with Gasteiger partial charge in [-0.1, -0.05) is 0 Å². The average molecular weight is 364 g/mol. The Balaban J connectivity index is 2.59. The third kappa shape index (κ3) is 5.98. The van der Waals surface area contributed by atoms with Crippen LogP contribution in [0.1, 0.15) is 0 Å². The largest absolute Gasteiger partial charge is 0.470 e. The van der Waals surface area contributed by atoms with Gasteiger partial charge in [0.25, 0.3) is 0 Å². The standard InChI is InChI=1S/C10H21O12P/c11-1-4(13)7(15)5(14)3-20-10-8(16)9(6(2-12)21-10)22-23(17,18)19/h4-16H,1-3H2,(H2,17,18,19)/t4-,5+,6-,7-,8-,9-,10-/m1/s1. The lowest BCUT2D eigenvalue weighted by Gasteiger charge is -2.24. The summed E-state index contributed by atoms with van der Waals surface area (Å²) < 4.78 is 25.1. The third-order valence-electron chi connectivity index (χ3n) is 3.14. The van der Waals surface area contributed by atoms with Gasteiger partial charge < -0.3 is 49.9 Å². The Morgan fingerprint density at radius 3 is 2.22 bits per heavy atom. The monoisotopic (exact) mass is 364 g/mol. The molecule has 7 atom stereocenters. The van der Waals surface area contributed by atoms with Crippen molar-refractivity contribution in [2.24, 2.45) is 0 Å². The molecule has 0 aromatic carbocycles. The van der Waals surface area contributed by atoms with Gasteiger partial charge in [0.1, 0.15) is 36.6 Å². The van der Waals surface area contributed by atoms with Crippen LogP contribution in [-0.4, -0.2) is 103 Å². The van der Waals surface area contributed by atoms with Gasteiger partial charge in [0.15, 0.2) is 6.29 Å². The fourth-order valence-corrected chi connectivity index (χ4v) is 2.51. The molecule has 0 aromatic heterocycles. The molecular weight excluding hydrogens is 343 g/mol. The van der Waals surface area contributed by atoms with Crippen molar-refractivity contribution in [1.29, 1.82) is 0 Å². The molecule has 138 valence electrons. The van der Waals surface area contributed by atoms with E-state index in [1.54, 1.807) is 0 Å². The van der Waals surface area contributed by atoms with E-state index in [0.29, 0.717) is 0 Å². The van der Waals surface area contributed by atoms with E-state index >= 15 is 0 Å². The highest BCUT2D eigenvalue weighted by Crippen LogP contribution is 2.42. The van der Waals surface area contributed by atoms with Crippen molar-refractivity contribution in [2.45, 2.75) is 42.9 Å². The van der Waals surface area contributed by atoms with Gasteiger partial charge in [-0.25, -0.2) is 4.57 Å². The van der Waals surface area contributed by atoms with Crippen LogP contribution in [0.3, 0.4) is 0 Å². The van der Waals surface area contributed by atoms with E-state index in [0.717, 1.165) is 0 Å². The fraction of sp³-hybridized carbons (Fsp3) is 1.00. The van der Waals surface area contributed by atoms with Crippen molar-refractivity contribution in [1.82, 2.24) is 0 Å². The zero-order valence-corrected chi connectivity index (χ0v) is 12.7. The Morgan fingerprint density at radius 1 is 1.13 bits per heavy atom. The molecule has 0 unspecified atom stereocenters. The highest BCUT2D eigenvalue weighted by Gasteiger charge is 2.48. The minimum atomic E-state index is -4.96. The number of ether oxygens (including phenoxy) is 2.